The van der Waals surface area contributed by atoms with Crippen LogP contribution in [0.5, 0.6) is 0 Å². The second-order valence-corrected chi connectivity index (χ2v) is 6.44. The lowest BCUT2D eigenvalue weighted by Gasteiger charge is -2.14. The van der Waals surface area contributed by atoms with Gasteiger partial charge in [-0.15, -0.1) is 0 Å². The van der Waals surface area contributed by atoms with Crippen molar-refractivity contribution in [1.82, 2.24) is 5.32 Å². The van der Waals surface area contributed by atoms with Crippen LogP contribution in [0.2, 0.25) is 0 Å². The average Bonchev–Trinajstić information content (AvgIpc) is 2.84. The molecule has 5 nitrogen and oxygen atoms in total. The number of hydrogen-bond acceptors (Lipinski definition) is 2. The van der Waals surface area contributed by atoms with Crippen LogP contribution in [-0.4, -0.2) is 23.7 Å². The Morgan fingerprint density at radius 1 is 1.38 bits per heavy atom. The van der Waals surface area contributed by atoms with Crippen LogP contribution in [0.4, 0.5) is 10.5 Å². The highest BCUT2D eigenvalue weighted by molar-refractivity contribution is 9.10. The van der Waals surface area contributed by atoms with E-state index in [4.69, 9.17) is 5.11 Å². The van der Waals surface area contributed by atoms with Crippen LogP contribution in [0.3, 0.4) is 0 Å². The summed E-state index contributed by atoms with van der Waals surface area (Å²) < 4.78 is 0.548. The Kier molecular flexibility index (Phi) is 5.22. The van der Waals surface area contributed by atoms with Gasteiger partial charge in [0.25, 0.3) is 0 Å². The summed E-state index contributed by atoms with van der Waals surface area (Å²) in [5, 5.41) is 14.6. The standard InChI is InChI=1S/C15H19BrN2O3/c1-9-5-6-10(7-9)8-17-15(21)18-13-11(14(19)20)3-2-4-12(13)16/h2-4,9-10H,5-8H2,1H3,(H,19,20)(H2,17,18,21). The number of aromatic carboxylic acids is 1. The predicted octanol–water partition coefficient (Wildman–Crippen LogP) is 3.71. The molecule has 0 bridgehead atoms. The van der Waals surface area contributed by atoms with E-state index in [2.05, 4.69) is 33.5 Å². The monoisotopic (exact) mass is 354 g/mol. The Labute approximate surface area is 132 Å². The molecule has 1 aliphatic carbocycles. The fourth-order valence-corrected chi connectivity index (χ4v) is 3.20. The van der Waals surface area contributed by atoms with Gasteiger partial charge in [0, 0.05) is 11.0 Å². The molecular weight excluding hydrogens is 336 g/mol. The minimum Gasteiger partial charge on any atom is -0.478 e. The van der Waals surface area contributed by atoms with Crippen LogP contribution in [0.15, 0.2) is 22.7 Å². The van der Waals surface area contributed by atoms with Crippen molar-refractivity contribution < 1.29 is 14.7 Å². The quantitative estimate of drug-likeness (QED) is 0.771. The summed E-state index contributed by atoms with van der Waals surface area (Å²) in [7, 11) is 0. The molecule has 2 unspecified atom stereocenters. The Morgan fingerprint density at radius 3 is 2.76 bits per heavy atom. The molecule has 6 heteroatoms. The maximum atomic E-state index is 11.9. The van der Waals surface area contributed by atoms with Gasteiger partial charge in [0.1, 0.15) is 0 Å². The van der Waals surface area contributed by atoms with Gasteiger partial charge in [0.2, 0.25) is 0 Å². The molecule has 0 aromatic heterocycles. The molecule has 1 aliphatic rings. The van der Waals surface area contributed by atoms with Gasteiger partial charge in [-0.1, -0.05) is 19.4 Å². The van der Waals surface area contributed by atoms with Crippen LogP contribution < -0.4 is 10.6 Å². The van der Waals surface area contributed by atoms with Crippen molar-refractivity contribution in [3.63, 3.8) is 0 Å². The zero-order valence-electron chi connectivity index (χ0n) is 11.9. The number of amides is 2. The van der Waals surface area contributed by atoms with Crippen molar-refractivity contribution in [3.8, 4) is 0 Å². The molecule has 0 aliphatic heterocycles. The molecule has 0 heterocycles. The number of halogens is 1. The topological polar surface area (TPSA) is 78.4 Å². The number of hydrogen-bond donors (Lipinski definition) is 3. The van der Waals surface area contributed by atoms with E-state index in [0.29, 0.717) is 16.9 Å². The number of anilines is 1. The summed E-state index contributed by atoms with van der Waals surface area (Å²) in [5.74, 6) is 0.168. The van der Waals surface area contributed by atoms with Gasteiger partial charge in [-0.3, -0.25) is 0 Å². The van der Waals surface area contributed by atoms with Crippen LogP contribution in [0.1, 0.15) is 36.5 Å². The summed E-state index contributed by atoms with van der Waals surface area (Å²) in [4.78, 5) is 23.1. The molecule has 0 radical (unpaired) electrons. The van der Waals surface area contributed by atoms with Crippen molar-refractivity contribution in [2.75, 3.05) is 11.9 Å². The molecule has 2 rings (SSSR count). The van der Waals surface area contributed by atoms with E-state index < -0.39 is 5.97 Å². The molecule has 2 atom stereocenters. The first-order chi connectivity index (χ1) is 9.97. The van der Waals surface area contributed by atoms with Crippen LogP contribution >= 0.6 is 15.9 Å². The van der Waals surface area contributed by atoms with E-state index in [-0.39, 0.29) is 17.3 Å². The summed E-state index contributed by atoms with van der Waals surface area (Å²) >= 11 is 3.26. The Morgan fingerprint density at radius 2 is 2.14 bits per heavy atom. The number of rotatable bonds is 4. The normalized spacial score (nSPS) is 21.0. The van der Waals surface area contributed by atoms with Gasteiger partial charge in [0.05, 0.1) is 11.3 Å². The fourth-order valence-electron chi connectivity index (χ4n) is 2.73. The van der Waals surface area contributed by atoms with E-state index in [1.165, 1.54) is 12.5 Å². The third-order valence-corrected chi connectivity index (χ3v) is 4.50. The average molecular weight is 355 g/mol. The van der Waals surface area contributed by atoms with Crippen LogP contribution in [0.25, 0.3) is 0 Å². The molecule has 1 fully saturated rings. The predicted molar refractivity (Wildman–Crippen MR) is 84.6 cm³/mol. The van der Waals surface area contributed by atoms with Gasteiger partial charge < -0.3 is 15.7 Å². The van der Waals surface area contributed by atoms with Crippen molar-refractivity contribution in [1.29, 1.82) is 0 Å². The van der Waals surface area contributed by atoms with Crippen molar-refractivity contribution in [2.45, 2.75) is 26.2 Å². The Balaban J connectivity index is 1.95. The third-order valence-electron chi connectivity index (χ3n) is 3.84. The second-order valence-electron chi connectivity index (χ2n) is 5.59. The number of benzene rings is 1. The number of carbonyl (C=O) groups excluding carboxylic acids is 1. The minimum atomic E-state index is -1.07. The lowest BCUT2D eigenvalue weighted by molar-refractivity contribution is 0.0698. The zero-order valence-corrected chi connectivity index (χ0v) is 13.4. The third kappa shape index (κ3) is 4.20. The summed E-state index contributed by atoms with van der Waals surface area (Å²) in [6, 6.07) is 4.41. The molecule has 3 N–H and O–H groups in total. The van der Waals surface area contributed by atoms with Crippen LogP contribution in [-0.2, 0) is 0 Å². The highest BCUT2D eigenvalue weighted by Gasteiger charge is 2.22. The SMILES string of the molecule is CC1CCC(CNC(=O)Nc2c(Br)cccc2C(=O)O)C1. The number of carbonyl (C=O) groups is 2. The lowest BCUT2D eigenvalue weighted by atomic mass is 10.1. The van der Waals surface area contributed by atoms with Gasteiger partial charge in [0.15, 0.2) is 0 Å². The van der Waals surface area contributed by atoms with Gasteiger partial charge in [-0.25, -0.2) is 9.59 Å². The number of carboxylic acids is 1. The van der Waals surface area contributed by atoms with E-state index >= 15 is 0 Å². The van der Waals surface area contributed by atoms with Crippen LogP contribution in [0, 0.1) is 11.8 Å². The maximum absolute atomic E-state index is 11.9. The highest BCUT2D eigenvalue weighted by atomic mass is 79.9. The first kappa shape index (κ1) is 15.8. The number of nitrogens with one attached hydrogen (secondary N) is 2. The fraction of sp³-hybridized carbons (Fsp3) is 0.467. The van der Waals surface area contributed by atoms with E-state index in [0.717, 1.165) is 18.8 Å². The van der Waals surface area contributed by atoms with Crippen molar-refractivity contribution >= 4 is 33.6 Å². The Hall–Kier alpha value is -1.56. The molecule has 1 saturated carbocycles. The molecule has 2 amide bonds. The molecular formula is C15H19BrN2O3. The number of urea groups is 1. The molecule has 114 valence electrons. The van der Waals surface area contributed by atoms with Crippen molar-refractivity contribution in [2.24, 2.45) is 11.8 Å². The van der Waals surface area contributed by atoms with Crippen molar-refractivity contribution in [3.05, 3.63) is 28.2 Å². The first-order valence-electron chi connectivity index (χ1n) is 7.04. The van der Waals surface area contributed by atoms with Gasteiger partial charge in [-0.2, -0.15) is 0 Å². The molecule has 21 heavy (non-hydrogen) atoms. The number of carboxylic acid groups (broad SMARTS) is 1. The van der Waals surface area contributed by atoms with E-state index in [1.54, 1.807) is 12.1 Å². The summed E-state index contributed by atoms with van der Waals surface area (Å²) in [5.41, 5.74) is 0.344. The van der Waals surface area contributed by atoms with E-state index in [1.807, 2.05) is 0 Å². The largest absolute Gasteiger partial charge is 0.478 e. The zero-order chi connectivity index (χ0) is 15.4. The summed E-state index contributed by atoms with van der Waals surface area (Å²) in [6.45, 7) is 2.85. The molecule has 1 aromatic rings. The molecule has 0 saturated heterocycles. The minimum absolute atomic E-state index is 0.0639. The molecule has 0 spiro atoms. The Bertz CT molecular complexity index is 548. The lowest BCUT2D eigenvalue weighted by Crippen LogP contribution is -2.33. The molecule has 1 aromatic carbocycles. The first-order valence-corrected chi connectivity index (χ1v) is 7.83. The maximum Gasteiger partial charge on any atom is 0.337 e. The van der Waals surface area contributed by atoms with Gasteiger partial charge in [-0.05, 0) is 52.7 Å². The smallest absolute Gasteiger partial charge is 0.337 e. The highest BCUT2D eigenvalue weighted by Crippen LogP contribution is 2.30. The van der Waals surface area contributed by atoms with Gasteiger partial charge >= 0.3 is 12.0 Å². The number of para-hydroxylation sites is 1. The van der Waals surface area contributed by atoms with E-state index in [9.17, 15) is 9.59 Å². The second kappa shape index (κ2) is 6.93. The summed E-state index contributed by atoms with van der Waals surface area (Å²) in [6.07, 6.45) is 3.48.